The lowest BCUT2D eigenvalue weighted by Crippen LogP contribution is -1.94. The van der Waals surface area contributed by atoms with E-state index in [2.05, 4.69) is 17.6 Å². The molecule has 0 aliphatic carbocycles. The van der Waals surface area contributed by atoms with Crippen molar-refractivity contribution in [1.29, 1.82) is 0 Å². The van der Waals surface area contributed by atoms with Crippen LogP contribution in [0.5, 0.6) is 5.75 Å². The SMILES string of the molecule is CCOc1ccc(-c2nc(C)c(S)s2)cc1F. The quantitative estimate of drug-likeness (QED) is 0.852. The molecular formula is C12H12FNOS2. The van der Waals surface area contributed by atoms with E-state index in [0.717, 1.165) is 20.5 Å². The number of aromatic nitrogens is 1. The van der Waals surface area contributed by atoms with Crippen LogP contribution >= 0.6 is 24.0 Å². The van der Waals surface area contributed by atoms with Gasteiger partial charge in [-0.2, -0.15) is 0 Å². The number of aryl methyl sites for hydroxylation is 1. The van der Waals surface area contributed by atoms with E-state index in [1.54, 1.807) is 12.1 Å². The summed E-state index contributed by atoms with van der Waals surface area (Å²) in [4.78, 5) is 4.33. The smallest absolute Gasteiger partial charge is 0.165 e. The van der Waals surface area contributed by atoms with E-state index in [9.17, 15) is 4.39 Å². The van der Waals surface area contributed by atoms with Gasteiger partial charge in [-0.3, -0.25) is 0 Å². The summed E-state index contributed by atoms with van der Waals surface area (Å²) in [6, 6.07) is 4.87. The monoisotopic (exact) mass is 269 g/mol. The average molecular weight is 269 g/mol. The molecule has 1 aromatic carbocycles. The van der Waals surface area contributed by atoms with Crippen molar-refractivity contribution in [2.45, 2.75) is 18.1 Å². The van der Waals surface area contributed by atoms with Crippen molar-refractivity contribution in [1.82, 2.24) is 4.98 Å². The highest BCUT2D eigenvalue weighted by atomic mass is 32.2. The van der Waals surface area contributed by atoms with Gasteiger partial charge in [0.1, 0.15) is 5.01 Å². The Morgan fingerprint density at radius 2 is 2.24 bits per heavy atom. The van der Waals surface area contributed by atoms with Gasteiger partial charge in [0.15, 0.2) is 11.6 Å². The Bertz CT molecular complexity index is 520. The highest BCUT2D eigenvalue weighted by molar-refractivity contribution is 7.83. The van der Waals surface area contributed by atoms with Crippen LogP contribution < -0.4 is 4.74 Å². The van der Waals surface area contributed by atoms with Crippen molar-refractivity contribution in [3.05, 3.63) is 29.7 Å². The molecule has 90 valence electrons. The van der Waals surface area contributed by atoms with Crippen LogP contribution in [-0.4, -0.2) is 11.6 Å². The van der Waals surface area contributed by atoms with Gasteiger partial charge < -0.3 is 4.74 Å². The molecule has 0 radical (unpaired) electrons. The zero-order valence-electron chi connectivity index (χ0n) is 9.53. The van der Waals surface area contributed by atoms with Gasteiger partial charge in [-0.15, -0.1) is 24.0 Å². The van der Waals surface area contributed by atoms with Gasteiger partial charge in [-0.05, 0) is 32.0 Å². The summed E-state index contributed by atoms with van der Waals surface area (Å²) in [5.74, 6) is -0.0893. The first-order valence-corrected chi connectivity index (χ1v) is 6.47. The maximum Gasteiger partial charge on any atom is 0.165 e. The predicted molar refractivity (Wildman–Crippen MR) is 70.7 cm³/mol. The molecule has 2 rings (SSSR count). The Balaban J connectivity index is 2.37. The summed E-state index contributed by atoms with van der Waals surface area (Å²) in [6.07, 6.45) is 0. The normalized spacial score (nSPS) is 10.6. The number of hydrogen-bond donors (Lipinski definition) is 1. The fourth-order valence-corrected chi connectivity index (χ4v) is 2.53. The highest BCUT2D eigenvalue weighted by Gasteiger charge is 2.10. The van der Waals surface area contributed by atoms with Crippen LogP contribution in [0.1, 0.15) is 12.6 Å². The summed E-state index contributed by atoms with van der Waals surface area (Å²) in [6.45, 7) is 4.16. The maximum atomic E-state index is 13.7. The third kappa shape index (κ3) is 2.61. The number of ether oxygens (including phenoxy) is 1. The van der Waals surface area contributed by atoms with E-state index in [1.165, 1.54) is 17.4 Å². The van der Waals surface area contributed by atoms with Crippen molar-refractivity contribution in [3.63, 3.8) is 0 Å². The number of halogens is 1. The number of benzene rings is 1. The lowest BCUT2D eigenvalue weighted by atomic mass is 10.2. The third-order valence-electron chi connectivity index (χ3n) is 2.25. The number of nitrogens with zero attached hydrogens (tertiary/aromatic N) is 1. The lowest BCUT2D eigenvalue weighted by Gasteiger charge is -2.05. The van der Waals surface area contributed by atoms with Crippen LogP contribution in [-0.2, 0) is 0 Å². The van der Waals surface area contributed by atoms with Crippen LogP contribution in [0, 0.1) is 12.7 Å². The molecular weight excluding hydrogens is 257 g/mol. The minimum atomic E-state index is -0.363. The lowest BCUT2D eigenvalue weighted by molar-refractivity contribution is 0.321. The van der Waals surface area contributed by atoms with Crippen molar-refractivity contribution in [2.75, 3.05) is 6.61 Å². The third-order valence-corrected chi connectivity index (χ3v) is 3.86. The fraction of sp³-hybridized carbons (Fsp3) is 0.250. The molecule has 2 nitrogen and oxygen atoms in total. The van der Waals surface area contributed by atoms with Crippen molar-refractivity contribution >= 4 is 24.0 Å². The molecule has 1 aromatic heterocycles. The van der Waals surface area contributed by atoms with Crippen LogP contribution in [0.3, 0.4) is 0 Å². The zero-order chi connectivity index (χ0) is 12.4. The van der Waals surface area contributed by atoms with E-state index in [-0.39, 0.29) is 11.6 Å². The largest absolute Gasteiger partial charge is 0.491 e. The van der Waals surface area contributed by atoms with E-state index >= 15 is 0 Å². The first kappa shape index (κ1) is 12.4. The Morgan fingerprint density at radius 1 is 1.47 bits per heavy atom. The van der Waals surface area contributed by atoms with E-state index in [0.29, 0.717) is 6.61 Å². The van der Waals surface area contributed by atoms with Gasteiger partial charge in [0.25, 0.3) is 0 Å². The van der Waals surface area contributed by atoms with Crippen LogP contribution in [0.25, 0.3) is 10.6 Å². The molecule has 0 fully saturated rings. The summed E-state index contributed by atoms with van der Waals surface area (Å²) in [7, 11) is 0. The molecule has 1 heterocycles. The minimum Gasteiger partial charge on any atom is -0.491 e. The van der Waals surface area contributed by atoms with Gasteiger partial charge in [0.2, 0.25) is 0 Å². The van der Waals surface area contributed by atoms with Crippen molar-refractivity contribution < 1.29 is 9.13 Å². The van der Waals surface area contributed by atoms with E-state index in [1.807, 2.05) is 13.8 Å². The Hall–Kier alpha value is -1.07. The summed E-state index contributed by atoms with van der Waals surface area (Å²) in [5, 5.41) is 0.773. The number of hydrogen-bond acceptors (Lipinski definition) is 4. The van der Waals surface area contributed by atoms with E-state index < -0.39 is 0 Å². The maximum absolute atomic E-state index is 13.7. The van der Waals surface area contributed by atoms with Crippen LogP contribution in [0.15, 0.2) is 22.4 Å². The van der Waals surface area contributed by atoms with Gasteiger partial charge >= 0.3 is 0 Å². The van der Waals surface area contributed by atoms with Crippen molar-refractivity contribution in [2.24, 2.45) is 0 Å². The average Bonchev–Trinajstić information content (AvgIpc) is 2.62. The molecule has 0 atom stereocenters. The van der Waals surface area contributed by atoms with Crippen molar-refractivity contribution in [3.8, 4) is 16.3 Å². The molecule has 0 aliphatic heterocycles. The van der Waals surface area contributed by atoms with Gasteiger partial charge in [0.05, 0.1) is 16.5 Å². The predicted octanol–water partition coefficient (Wildman–Crippen LogP) is 3.95. The zero-order valence-corrected chi connectivity index (χ0v) is 11.2. The number of rotatable bonds is 3. The molecule has 0 saturated heterocycles. The van der Waals surface area contributed by atoms with Gasteiger partial charge in [-0.1, -0.05) is 0 Å². The van der Waals surface area contributed by atoms with Crippen LogP contribution in [0.2, 0.25) is 0 Å². The Morgan fingerprint density at radius 3 is 2.76 bits per heavy atom. The summed E-state index contributed by atoms with van der Waals surface area (Å²) < 4.78 is 19.7. The molecule has 0 unspecified atom stereocenters. The first-order valence-electron chi connectivity index (χ1n) is 5.21. The second kappa shape index (κ2) is 5.06. The van der Waals surface area contributed by atoms with E-state index in [4.69, 9.17) is 4.74 Å². The molecule has 5 heteroatoms. The first-order chi connectivity index (χ1) is 8.11. The van der Waals surface area contributed by atoms with Gasteiger partial charge in [-0.25, -0.2) is 9.37 Å². The second-order valence-corrected chi connectivity index (χ2v) is 5.24. The fourth-order valence-electron chi connectivity index (χ4n) is 1.42. The molecule has 0 aliphatic rings. The number of thiazole rings is 1. The highest BCUT2D eigenvalue weighted by Crippen LogP contribution is 2.32. The van der Waals surface area contributed by atoms with Gasteiger partial charge in [0, 0.05) is 5.56 Å². The standard InChI is InChI=1S/C12H12FNOS2/c1-3-15-10-5-4-8(6-9(10)13)11-14-7(2)12(16)17-11/h4-6,16H,3H2,1-2H3. The summed E-state index contributed by atoms with van der Waals surface area (Å²) >= 11 is 5.73. The summed E-state index contributed by atoms with van der Waals surface area (Å²) in [5.41, 5.74) is 1.61. The molecule has 0 bridgehead atoms. The Kier molecular flexibility index (Phi) is 3.69. The molecule has 0 saturated carbocycles. The second-order valence-electron chi connectivity index (χ2n) is 3.49. The number of thiol groups is 1. The topological polar surface area (TPSA) is 22.1 Å². The van der Waals surface area contributed by atoms with Crippen LogP contribution in [0.4, 0.5) is 4.39 Å². The minimum absolute atomic E-state index is 0.274. The molecule has 0 N–H and O–H groups in total. The molecule has 17 heavy (non-hydrogen) atoms. The molecule has 0 spiro atoms. The molecule has 2 aromatic rings. The molecule has 0 amide bonds. The Labute approximate surface area is 109 Å².